The zero-order valence-electron chi connectivity index (χ0n) is 14.3. The van der Waals surface area contributed by atoms with Gasteiger partial charge in [0.05, 0.1) is 11.6 Å². The highest BCUT2D eigenvalue weighted by Gasteiger charge is 2.17. The number of nitrogens with one attached hydrogen (secondary N) is 1. The zero-order chi connectivity index (χ0) is 19.1. The Kier molecular flexibility index (Phi) is 6.23. The number of nitriles is 1. The minimum absolute atomic E-state index is 0.286. The molecule has 0 spiro atoms. The molecule has 0 saturated carbocycles. The van der Waals surface area contributed by atoms with E-state index in [1.807, 2.05) is 6.07 Å². The summed E-state index contributed by atoms with van der Waals surface area (Å²) in [5.74, 6) is -1.68. The highest BCUT2D eigenvalue weighted by Crippen LogP contribution is 2.14. The molecule has 0 aromatic heterocycles. The molecule has 0 saturated heterocycles. The van der Waals surface area contributed by atoms with E-state index >= 15 is 0 Å². The van der Waals surface area contributed by atoms with E-state index in [0.29, 0.717) is 16.7 Å². The third-order valence-electron chi connectivity index (χ3n) is 3.55. The van der Waals surface area contributed by atoms with Gasteiger partial charge in [0.2, 0.25) is 0 Å². The molecule has 0 aliphatic heterocycles. The highest BCUT2D eigenvalue weighted by molar-refractivity contribution is 5.96. The maximum Gasteiger partial charge on any atom is 0.331 e. The number of benzene rings is 2. The molecule has 0 unspecified atom stereocenters. The van der Waals surface area contributed by atoms with Gasteiger partial charge in [0.25, 0.3) is 5.91 Å². The number of carbonyl (C=O) groups is 2. The van der Waals surface area contributed by atoms with Gasteiger partial charge >= 0.3 is 5.97 Å². The Morgan fingerprint density at radius 1 is 1.23 bits per heavy atom. The first-order chi connectivity index (χ1) is 12.4. The molecule has 26 heavy (non-hydrogen) atoms. The Morgan fingerprint density at radius 2 is 1.92 bits per heavy atom. The van der Waals surface area contributed by atoms with Crippen molar-refractivity contribution in [3.63, 3.8) is 0 Å². The molecular formula is C20H17FN2O3. The number of anilines is 1. The number of hydrogen-bond donors (Lipinski definition) is 1. The van der Waals surface area contributed by atoms with E-state index in [4.69, 9.17) is 10.00 Å². The van der Waals surface area contributed by atoms with E-state index in [1.54, 1.807) is 43.3 Å². The van der Waals surface area contributed by atoms with E-state index in [2.05, 4.69) is 5.32 Å². The van der Waals surface area contributed by atoms with Crippen LogP contribution in [0.15, 0.2) is 48.5 Å². The lowest BCUT2D eigenvalue weighted by Gasteiger charge is -2.12. The molecule has 2 rings (SSSR count). The summed E-state index contributed by atoms with van der Waals surface area (Å²) < 4.78 is 18.5. The Bertz CT molecular complexity index is 883. The van der Waals surface area contributed by atoms with Crippen LogP contribution in [0, 0.1) is 24.1 Å². The van der Waals surface area contributed by atoms with Crippen molar-refractivity contribution in [2.45, 2.75) is 20.0 Å². The van der Waals surface area contributed by atoms with Crippen LogP contribution in [0.3, 0.4) is 0 Å². The standard InChI is InChI=1S/C20H17FN2O3/c1-13-3-9-17(11-18(13)21)23-20(25)14(2)26-19(24)10-8-15-4-6-16(12-22)7-5-15/h3-11,14H,1-2H3,(H,23,25)/b10-8+/t14-/m1/s1. The average Bonchev–Trinajstić information content (AvgIpc) is 2.63. The lowest BCUT2D eigenvalue weighted by Crippen LogP contribution is -2.29. The molecule has 6 heteroatoms. The van der Waals surface area contributed by atoms with Crippen molar-refractivity contribution in [2.75, 3.05) is 5.32 Å². The van der Waals surface area contributed by atoms with Gasteiger partial charge < -0.3 is 10.1 Å². The minimum atomic E-state index is -1.04. The van der Waals surface area contributed by atoms with Gasteiger partial charge in [-0.1, -0.05) is 18.2 Å². The van der Waals surface area contributed by atoms with Gasteiger partial charge in [-0.15, -0.1) is 0 Å². The summed E-state index contributed by atoms with van der Waals surface area (Å²) in [5.41, 5.74) is 1.99. The van der Waals surface area contributed by atoms with E-state index < -0.39 is 23.8 Å². The van der Waals surface area contributed by atoms with Crippen molar-refractivity contribution in [3.8, 4) is 6.07 Å². The molecule has 0 aliphatic rings. The molecule has 0 fully saturated rings. The average molecular weight is 352 g/mol. The first-order valence-electron chi connectivity index (χ1n) is 7.85. The summed E-state index contributed by atoms with van der Waals surface area (Å²) in [5, 5.41) is 11.2. The van der Waals surface area contributed by atoms with Crippen LogP contribution in [0.1, 0.15) is 23.6 Å². The number of carbonyl (C=O) groups excluding carboxylic acids is 2. The number of ether oxygens (including phenoxy) is 1. The summed E-state index contributed by atoms with van der Waals surface area (Å²) in [6.45, 7) is 3.04. The van der Waals surface area contributed by atoms with Crippen LogP contribution in [-0.2, 0) is 14.3 Å². The highest BCUT2D eigenvalue weighted by atomic mass is 19.1. The molecule has 132 valence electrons. The van der Waals surface area contributed by atoms with Gasteiger partial charge in [-0.3, -0.25) is 4.79 Å². The second kappa shape index (κ2) is 8.58. The Morgan fingerprint density at radius 3 is 2.54 bits per heavy atom. The van der Waals surface area contributed by atoms with Crippen LogP contribution in [0.25, 0.3) is 6.08 Å². The van der Waals surface area contributed by atoms with Gasteiger partial charge in [0, 0.05) is 11.8 Å². The lowest BCUT2D eigenvalue weighted by atomic mass is 10.1. The monoisotopic (exact) mass is 352 g/mol. The third-order valence-corrected chi connectivity index (χ3v) is 3.55. The second-order valence-electron chi connectivity index (χ2n) is 5.60. The zero-order valence-corrected chi connectivity index (χ0v) is 14.3. The Balaban J connectivity index is 1.90. The fourth-order valence-electron chi connectivity index (χ4n) is 2.01. The summed E-state index contributed by atoms with van der Waals surface area (Å²) in [7, 11) is 0. The number of nitrogens with zero attached hydrogens (tertiary/aromatic N) is 1. The Hall–Kier alpha value is -3.46. The number of amides is 1. The van der Waals surface area contributed by atoms with Crippen LogP contribution in [0.4, 0.5) is 10.1 Å². The summed E-state index contributed by atoms with van der Waals surface area (Å²) in [6.07, 6.45) is 1.66. The first kappa shape index (κ1) is 18.9. The predicted octanol–water partition coefficient (Wildman–Crippen LogP) is 3.59. The maximum atomic E-state index is 13.5. The SMILES string of the molecule is Cc1ccc(NC(=O)[C@@H](C)OC(=O)/C=C/c2ccc(C#N)cc2)cc1F. The molecule has 5 nitrogen and oxygen atoms in total. The number of aryl methyl sites for hydroxylation is 1. The normalized spacial score (nSPS) is 11.6. The van der Waals surface area contributed by atoms with Gasteiger partial charge in [0.1, 0.15) is 5.82 Å². The quantitative estimate of drug-likeness (QED) is 0.659. The molecule has 0 aliphatic carbocycles. The van der Waals surface area contributed by atoms with Crippen LogP contribution < -0.4 is 5.32 Å². The lowest BCUT2D eigenvalue weighted by molar-refractivity contribution is -0.148. The van der Waals surface area contributed by atoms with Crippen LogP contribution >= 0.6 is 0 Å². The second-order valence-corrected chi connectivity index (χ2v) is 5.60. The minimum Gasteiger partial charge on any atom is -0.449 e. The maximum absolute atomic E-state index is 13.5. The van der Waals surface area contributed by atoms with E-state index in [0.717, 1.165) is 0 Å². The molecule has 0 heterocycles. The van der Waals surface area contributed by atoms with Crippen molar-refractivity contribution < 1.29 is 18.7 Å². The van der Waals surface area contributed by atoms with Crippen molar-refractivity contribution in [2.24, 2.45) is 0 Å². The molecule has 0 radical (unpaired) electrons. The fourth-order valence-corrected chi connectivity index (χ4v) is 2.01. The van der Waals surface area contributed by atoms with E-state index in [9.17, 15) is 14.0 Å². The molecule has 1 amide bonds. The van der Waals surface area contributed by atoms with Crippen molar-refractivity contribution >= 4 is 23.6 Å². The van der Waals surface area contributed by atoms with E-state index in [-0.39, 0.29) is 5.69 Å². The number of esters is 1. The van der Waals surface area contributed by atoms with Crippen LogP contribution in [-0.4, -0.2) is 18.0 Å². The van der Waals surface area contributed by atoms with Gasteiger partial charge in [-0.2, -0.15) is 5.26 Å². The van der Waals surface area contributed by atoms with Crippen molar-refractivity contribution in [1.29, 1.82) is 5.26 Å². The smallest absolute Gasteiger partial charge is 0.331 e. The van der Waals surface area contributed by atoms with E-state index in [1.165, 1.54) is 25.1 Å². The number of halogens is 1. The largest absolute Gasteiger partial charge is 0.449 e. The molecule has 1 N–H and O–H groups in total. The van der Waals surface area contributed by atoms with Crippen LogP contribution in [0.2, 0.25) is 0 Å². The van der Waals surface area contributed by atoms with Gasteiger partial charge in [0.15, 0.2) is 6.10 Å². The van der Waals surface area contributed by atoms with Crippen molar-refractivity contribution in [3.05, 3.63) is 71.0 Å². The molecule has 2 aromatic rings. The number of rotatable bonds is 5. The molecule has 2 aromatic carbocycles. The first-order valence-corrected chi connectivity index (χ1v) is 7.85. The summed E-state index contributed by atoms with van der Waals surface area (Å²) >= 11 is 0. The summed E-state index contributed by atoms with van der Waals surface area (Å²) in [6, 6.07) is 12.9. The van der Waals surface area contributed by atoms with Crippen LogP contribution in [0.5, 0.6) is 0 Å². The molecular weight excluding hydrogens is 335 g/mol. The predicted molar refractivity (Wildman–Crippen MR) is 95.5 cm³/mol. The summed E-state index contributed by atoms with van der Waals surface area (Å²) in [4.78, 5) is 23.8. The third kappa shape index (κ3) is 5.28. The fraction of sp³-hybridized carbons (Fsp3) is 0.150. The van der Waals surface area contributed by atoms with Gasteiger partial charge in [-0.25, -0.2) is 9.18 Å². The molecule has 0 bridgehead atoms. The molecule has 1 atom stereocenters. The number of hydrogen-bond acceptors (Lipinski definition) is 4. The van der Waals surface area contributed by atoms with Gasteiger partial charge in [-0.05, 0) is 55.3 Å². The van der Waals surface area contributed by atoms with Crippen molar-refractivity contribution in [1.82, 2.24) is 0 Å². The Labute approximate surface area is 150 Å². The topological polar surface area (TPSA) is 79.2 Å².